The van der Waals surface area contributed by atoms with Gasteiger partial charge in [-0.25, -0.2) is 4.39 Å². The van der Waals surface area contributed by atoms with Gasteiger partial charge in [-0.05, 0) is 42.8 Å². The van der Waals surface area contributed by atoms with Crippen LogP contribution in [0.1, 0.15) is 27.0 Å². The number of rotatable bonds is 6. The molecule has 1 N–H and O–H groups in total. The Morgan fingerprint density at radius 2 is 1.94 bits per heavy atom. The maximum absolute atomic E-state index is 14.0. The lowest BCUT2D eigenvalue weighted by molar-refractivity contribution is -0.137. The number of hydrogen-bond acceptors (Lipinski definition) is 5. The molecule has 1 saturated heterocycles. The number of alkyl halides is 3. The molecule has 0 aromatic heterocycles. The van der Waals surface area contributed by atoms with Crippen LogP contribution in [0.3, 0.4) is 0 Å². The van der Waals surface area contributed by atoms with Gasteiger partial charge in [-0.2, -0.15) is 18.4 Å². The molecule has 1 aliphatic heterocycles. The molecule has 0 spiro atoms. The fraction of sp³-hybridized carbons (Fsp3) is 0.375. The Labute approximate surface area is 199 Å². The molecule has 2 aromatic carbocycles. The summed E-state index contributed by atoms with van der Waals surface area (Å²) in [5, 5.41) is 11.7. The zero-order valence-electron chi connectivity index (χ0n) is 19.2. The summed E-state index contributed by atoms with van der Waals surface area (Å²) in [5.41, 5.74) is -1.06. The van der Waals surface area contributed by atoms with Crippen molar-refractivity contribution >= 4 is 17.5 Å². The first-order valence-electron chi connectivity index (χ1n) is 10.8. The number of nitrogens with one attached hydrogen (secondary N) is 1. The van der Waals surface area contributed by atoms with Crippen molar-refractivity contribution in [1.29, 1.82) is 5.26 Å². The SMILES string of the molecule is COCCNC(=O)C1CN(C(=O)c2ccc(C)c(F)c2)CCN1c1ccc(C#N)c(C(F)(F)F)c1. The number of benzene rings is 2. The third-order valence-corrected chi connectivity index (χ3v) is 5.76. The van der Waals surface area contributed by atoms with E-state index in [0.29, 0.717) is 5.56 Å². The van der Waals surface area contributed by atoms with Crippen LogP contribution in [0.15, 0.2) is 36.4 Å². The molecule has 3 rings (SSSR count). The van der Waals surface area contributed by atoms with Crippen LogP contribution in [0.5, 0.6) is 0 Å². The third kappa shape index (κ3) is 5.89. The molecule has 1 fully saturated rings. The Morgan fingerprint density at radius 3 is 2.57 bits per heavy atom. The molecule has 1 atom stereocenters. The minimum absolute atomic E-state index is 0.0473. The average Bonchev–Trinajstić information content (AvgIpc) is 2.84. The number of carbonyl (C=O) groups excluding carboxylic acids is 2. The van der Waals surface area contributed by atoms with Crippen LogP contribution in [0.25, 0.3) is 0 Å². The van der Waals surface area contributed by atoms with Gasteiger partial charge in [-0.1, -0.05) is 6.07 Å². The quantitative estimate of drug-likeness (QED) is 0.495. The van der Waals surface area contributed by atoms with E-state index in [1.807, 2.05) is 0 Å². The molecule has 2 aromatic rings. The number of anilines is 1. The highest BCUT2D eigenvalue weighted by Crippen LogP contribution is 2.35. The number of carbonyl (C=O) groups is 2. The third-order valence-electron chi connectivity index (χ3n) is 5.76. The van der Waals surface area contributed by atoms with Crippen molar-refractivity contribution in [3.05, 3.63) is 64.5 Å². The van der Waals surface area contributed by atoms with Crippen molar-refractivity contribution in [2.75, 3.05) is 44.8 Å². The van der Waals surface area contributed by atoms with Crippen molar-refractivity contribution in [1.82, 2.24) is 10.2 Å². The van der Waals surface area contributed by atoms with Gasteiger partial charge in [0.1, 0.15) is 11.9 Å². The molecule has 186 valence electrons. The number of methoxy groups -OCH3 is 1. The number of amides is 2. The van der Waals surface area contributed by atoms with Gasteiger partial charge in [0.2, 0.25) is 5.91 Å². The van der Waals surface area contributed by atoms with Gasteiger partial charge in [0.05, 0.1) is 30.3 Å². The Balaban J connectivity index is 1.92. The number of nitrogens with zero attached hydrogens (tertiary/aromatic N) is 3. The average molecular weight is 492 g/mol. The maximum atomic E-state index is 14.0. The van der Waals surface area contributed by atoms with E-state index in [2.05, 4.69) is 5.32 Å². The lowest BCUT2D eigenvalue weighted by Crippen LogP contribution is -2.60. The molecule has 0 radical (unpaired) electrons. The fourth-order valence-corrected chi connectivity index (χ4v) is 3.85. The summed E-state index contributed by atoms with van der Waals surface area (Å²) in [6.07, 6.45) is -4.76. The number of hydrogen-bond donors (Lipinski definition) is 1. The zero-order chi connectivity index (χ0) is 25.8. The number of halogens is 4. The lowest BCUT2D eigenvalue weighted by atomic mass is 10.0. The van der Waals surface area contributed by atoms with Crippen molar-refractivity contribution in [3.63, 3.8) is 0 Å². The molecule has 11 heteroatoms. The summed E-state index contributed by atoms with van der Waals surface area (Å²) in [5.74, 6) is -1.54. The Kier molecular flexibility index (Phi) is 7.96. The van der Waals surface area contributed by atoms with Crippen LogP contribution in [-0.2, 0) is 15.7 Å². The minimum Gasteiger partial charge on any atom is -0.383 e. The second-order valence-corrected chi connectivity index (χ2v) is 8.05. The van der Waals surface area contributed by atoms with E-state index in [-0.39, 0.29) is 44.0 Å². The molecule has 0 bridgehead atoms. The predicted octanol–water partition coefficient (Wildman–Crippen LogP) is 3.12. The number of nitriles is 1. The smallest absolute Gasteiger partial charge is 0.383 e. The van der Waals surface area contributed by atoms with Gasteiger partial charge < -0.3 is 19.9 Å². The first-order chi connectivity index (χ1) is 16.6. The summed E-state index contributed by atoms with van der Waals surface area (Å²) in [7, 11) is 1.45. The number of aryl methyl sites for hydroxylation is 1. The topological polar surface area (TPSA) is 85.7 Å². The van der Waals surface area contributed by atoms with Crippen LogP contribution < -0.4 is 10.2 Å². The van der Waals surface area contributed by atoms with Crippen LogP contribution in [0.4, 0.5) is 23.2 Å². The second kappa shape index (κ2) is 10.7. The molecule has 1 heterocycles. The Bertz CT molecular complexity index is 1150. The highest BCUT2D eigenvalue weighted by atomic mass is 19.4. The largest absolute Gasteiger partial charge is 0.417 e. The first-order valence-corrected chi connectivity index (χ1v) is 10.8. The number of piperazine rings is 1. The fourth-order valence-electron chi connectivity index (χ4n) is 3.85. The summed E-state index contributed by atoms with van der Waals surface area (Å²) in [4.78, 5) is 28.8. The minimum atomic E-state index is -4.76. The highest BCUT2D eigenvalue weighted by Gasteiger charge is 2.38. The molecule has 0 aliphatic carbocycles. The van der Waals surface area contributed by atoms with Crippen molar-refractivity contribution in [2.24, 2.45) is 0 Å². The van der Waals surface area contributed by atoms with E-state index in [1.54, 1.807) is 6.92 Å². The summed E-state index contributed by atoms with van der Waals surface area (Å²) >= 11 is 0. The monoisotopic (exact) mass is 492 g/mol. The van der Waals surface area contributed by atoms with E-state index in [4.69, 9.17) is 10.00 Å². The normalized spacial score (nSPS) is 16.1. The molecule has 7 nitrogen and oxygen atoms in total. The molecule has 2 amide bonds. The van der Waals surface area contributed by atoms with E-state index in [0.717, 1.165) is 18.2 Å². The van der Waals surface area contributed by atoms with Crippen LogP contribution in [-0.4, -0.2) is 62.7 Å². The van der Waals surface area contributed by atoms with E-state index >= 15 is 0 Å². The standard InChI is InChI=1S/C24H24F4N4O3/c1-15-3-4-16(11-20(15)25)23(34)31-8-9-32(21(14-31)22(33)30-7-10-35-2)18-6-5-17(13-29)19(12-18)24(26,27)28/h3-6,11-12,21H,7-10,14H2,1-2H3,(H,30,33). The predicted molar refractivity (Wildman–Crippen MR) is 119 cm³/mol. The molecular weight excluding hydrogens is 468 g/mol. The van der Waals surface area contributed by atoms with Gasteiger partial charge >= 0.3 is 6.18 Å². The van der Waals surface area contributed by atoms with Crippen molar-refractivity contribution in [3.8, 4) is 6.07 Å². The van der Waals surface area contributed by atoms with Crippen LogP contribution in [0.2, 0.25) is 0 Å². The van der Waals surface area contributed by atoms with Crippen molar-refractivity contribution in [2.45, 2.75) is 19.1 Å². The zero-order valence-corrected chi connectivity index (χ0v) is 19.2. The van der Waals surface area contributed by atoms with Gasteiger partial charge in [-0.3, -0.25) is 9.59 Å². The van der Waals surface area contributed by atoms with Gasteiger partial charge in [0, 0.05) is 38.0 Å². The van der Waals surface area contributed by atoms with Gasteiger partial charge in [0.25, 0.3) is 5.91 Å². The van der Waals surface area contributed by atoms with E-state index in [9.17, 15) is 27.2 Å². The number of ether oxygens (including phenoxy) is 1. The maximum Gasteiger partial charge on any atom is 0.417 e. The molecular formula is C24H24F4N4O3. The summed E-state index contributed by atoms with van der Waals surface area (Å²) < 4.78 is 59.5. The van der Waals surface area contributed by atoms with Crippen LogP contribution >= 0.6 is 0 Å². The highest BCUT2D eigenvalue weighted by molar-refractivity contribution is 5.95. The summed E-state index contributed by atoms with van der Waals surface area (Å²) in [6.45, 7) is 1.96. The Morgan fingerprint density at radius 1 is 1.20 bits per heavy atom. The molecule has 1 unspecified atom stereocenters. The molecule has 35 heavy (non-hydrogen) atoms. The molecule has 0 saturated carbocycles. The van der Waals surface area contributed by atoms with E-state index in [1.165, 1.54) is 41.2 Å². The van der Waals surface area contributed by atoms with Gasteiger partial charge in [-0.15, -0.1) is 0 Å². The Hall–Kier alpha value is -3.65. The molecule has 1 aliphatic rings. The van der Waals surface area contributed by atoms with Gasteiger partial charge in [0.15, 0.2) is 0 Å². The summed E-state index contributed by atoms with van der Waals surface area (Å²) in [6, 6.07) is 7.83. The van der Waals surface area contributed by atoms with Crippen molar-refractivity contribution < 1.29 is 31.9 Å². The van der Waals surface area contributed by atoms with E-state index < -0.39 is 41.0 Å². The second-order valence-electron chi connectivity index (χ2n) is 8.05. The van der Waals surface area contributed by atoms with Crippen LogP contribution in [0, 0.1) is 24.1 Å². The first kappa shape index (κ1) is 26.0. The lowest BCUT2D eigenvalue weighted by Gasteiger charge is -2.42.